The second-order valence-electron chi connectivity index (χ2n) is 5.44. The number of aliphatic hydroxyl groups excluding tert-OH is 1. The lowest BCUT2D eigenvalue weighted by atomic mass is 10.0. The van der Waals surface area contributed by atoms with Gasteiger partial charge in [-0.1, -0.05) is 0 Å². The standard InChI is InChI=1S/C15H24N4O2/c1-18(9-2-12-20)14-5-10-19(11-6-14)15(21)17-13-3-7-16-8-4-13/h3-4,7-8,14,20H,2,5-6,9-12H2,1H3,(H,16,17,21). The minimum atomic E-state index is -0.0438. The summed E-state index contributed by atoms with van der Waals surface area (Å²) in [6.07, 6.45) is 6.09. The molecule has 1 aromatic rings. The average Bonchev–Trinajstić information content (AvgIpc) is 2.53. The smallest absolute Gasteiger partial charge is 0.321 e. The predicted octanol–water partition coefficient (Wildman–Crippen LogP) is 1.39. The van der Waals surface area contributed by atoms with Crippen LogP contribution in [0.4, 0.5) is 10.5 Å². The molecule has 0 atom stereocenters. The van der Waals surface area contributed by atoms with Gasteiger partial charge in [-0.15, -0.1) is 0 Å². The van der Waals surface area contributed by atoms with Crippen LogP contribution in [0.3, 0.4) is 0 Å². The average molecular weight is 292 g/mol. The number of hydrogen-bond acceptors (Lipinski definition) is 4. The number of piperidine rings is 1. The first kappa shape index (κ1) is 15.7. The third kappa shape index (κ3) is 4.68. The maximum atomic E-state index is 12.2. The number of nitrogens with zero attached hydrogens (tertiary/aromatic N) is 3. The molecule has 2 heterocycles. The zero-order valence-electron chi connectivity index (χ0n) is 12.5. The monoisotopic (exact) mass is 292 g/mol. The van der Waals surface area contributed by atoms with E-state index in [9.17, 15) is 4.79 Å². The van der Waals surface area contributed by atoms with E-state index in [0.717, 1.165) is 44.6 Å². The van der Waals surface area contributed by atoms with Gasteiger partial charge in [-0.3, -0.25) is 4.98 Å². The van der Waals surface area contributed by atoms with Crippen LogP contribution in [0.5, 0.6) is 0 Å². The fourth-order valence-electron chi connectivity index (χ4n) is 2.65. The number of amides is 2. The Morgan fingerprint density at radius 1 is 1.43 bits per heavy atom. The van der Waals surface area contributed by atoms with E-state index in [1.165, 1.54) is 0 Å². The van der Waals surface area contributed by atoms with Crippen molar-refractivity contribution in [3.63, 3.8) is 0 Å². The molecule has 1 fully saturated rings. The molecule has 6 heteroatoms. The highest BCUT2D eigenvalue weighted by molar-refractivity contribution is 5.89. The highest BCUT2D eigenvalue weighted by Crippen LogP contribution is 2.16. The zero-order chi connectivity index (χ0) is 15.1. The van der Waals surface area contributed by atoms with Crippen molar-refractivity contribution in [2.24, 2.45) is 0 Å². The van der Waals surface area contributed by atoms with Crippen molar-refractivity contribution in [1.82, 2.24) is 14.8 Å². The maximum absolute atomic E-state index is 12.2. The number of carbonyl (C=O) groups is 1. The van der Waals surface area contributed by atoms with Crippen molar-refractivity contribution in [2.45, 2.75) is 25.3 Å². The number of aromatic nitrogens is 1. The first-order chi connectivity index (χ1) is 10.2. The quantitative estimate of drug-likeness (QED) is 0.860. The Morgan fingerprint density at radius 3 is 2.71 bits per heavy atom. The van der Waals surface area contributed by atoms with Gasteiger partial charge in [-0.2, -0.15) is 0 Å². The fraction of sp³-hybridized carbons (Fsp3) is 0.600. The Hall–Kier alpha value is -1.66. The Labute approximate surface area is 125 Å². The molecule has 1 aliphatic heterocycles. The Bertz CT molecular complexity index is 433. The number of aliphatic hydroxyl groups is 1. The molecule has 2 rings (SSSR count). The van der Waals surface area contributed by atoms with E-state index in [0.29, 0.717) is 6.04 Å². The molecule has 2 N–H and O–H groups in total. The van der Waals surface area contributed by atoms with E-state index < -0.39 is 0 Å². The molecule has 0 bridgehead atoms. The number of hydrogen-bond donors (Lipinski definition) is 2. The summed E-state index contributed by atoms with van der Waals surface area (Å²) in [7, 11) is 2.09. The summed E-state index contributed by atoms with van der Waals surface area (Å²) in [5.74, 6) is 0. The van der Waals surface area contributed by atoms with Crippen LogP contribution < -0.4 is 5.32 Å². The topological polar surface area (TPSA) is 68.7 Å². The van der Waals surface area contributed by atoms with Crippen molar-refractivity contribution in [3.8, 4) is 0 Å². The molecule has 0 aliphatic carbocycles. The van der Waals surface area contributed by atoms with Crippen LogP contribution in [0.25, 0.3) is 0 Å². The minimum absolute atomic E-state index is 0.0438. The van der Waals surface area contributed by atoms with E-state index in [1.54, 1.807) is 24.5 Å². The largest absolute Gasteiger partial charge is 0.396 e. The lowest BCUT2D eigenvalue weighted by Gasteiger charge is -2.36. The zero-order valence-corrected chi connectivity index (χ0v) is 12.5. The SMILES string of the molecule is CN(CCCO)C1CCN(C(=O)Nc2ccncc2)CC1. The van der Waals surface area contributed by atoms with Gasteiger partial charge in [0.15, 0.2) is 0 Å². The van der Waals surface area contributed by atoms with Gasteiger partial charge in [0.05, 0.1) is 0 Å². The van der Waals surface area contributed by atoms with Gasteiger partial charge < -0.3 is 20.2 Å². The third-order valence-electron chi connectivity index (χ3n) is 3.98. The van der Waals surface area contributed by atoms with Gasteiger partial charge >= 0.3 is 6.03 Å². The van der Waals surface area contributed by atoms with Crippen LogP contribution in [0, 0.1) is 0 Å². The number of rotatable bonds is 5. The van der Waals surface area contributed by atoms with E-state index >= 15 is 0 Å². The number of nitrogens with one attached hydrogen (secondary N) is 1. The minimum Gasteiger partial charge on any atom is -0.396 e. The van der Waals surface area contributed by atoms with Crippen LogP contribution in [-0.4, -0.2) is 65.3 Å². The van der Waals surface area contributed by atoms with E-state index in [2.05, 4.69) is 22.2 Å². The summed E-state index contributed by atoms with van der Waals surface area (Å²) < 4.78 is 0. The second-order valence-corrected chi connectivity index (χ2v) is 5.44. The van der Waals surface area contributed by atoms with Crippen molar-refractivity contribution < 1.29 is 9.90 Å². The number of urea groups is 1. The molecule has 1 saturated heterocycles. The molecule has 0 saturated carbocycles. The van der Waals surface area contributed by atoms with Gasteiger partial charge in [0.25, 0.3) is 0 Å². The summed E-state index contributed by atoms with van der Waals surface area (Å²) in [5, 5.41) is 11.8. The number of likely N-dealkylation sites (tertiary alicyclic amines) is 1. The number of anilines is 1. The normalized spacial score (nSPS) is 16.2. The maximum Gasteiger partial charge on any atom is 0.321 e. The van der Waals surface area contributed by atoms with Crippen molar-refractivity contribution in [2.75, 3.05) is 38.6 Å². The Morgan fingerprint density at radius 2 is 2.10 bits per heavy atom. The fourth-order valence-corrected chi connectivity index (χ4v) is 2.65. The van der Waals surface area contributed by atoms with Gasteiger partial charge in [0.2, 0.25) is 0 Å². The molecule has 2 amide bonds. The molecule has 1 aromatic heterocycles. The molecule has 0 radical (unpaired) electrons. The van der Waals surface area contributed by atoms with E-state index in [-0.39, 0.29) is 12.6 Å². The first-order valence-corrected chi connectivity index (χ1v) is 7.47. The van der Waals surface area contributed by atoms with Crippen LogP contribution >= 0.6 is 0 Å². The predicted molar refractivity (Wildman–Crippen MR) is 82.2 cm³/mol. The summed E-state index contributed by atoms with van der Waals surface area (Å²) in [5.41, 5.74) is 0.775. The van der Waals surface area contributed by atoms with Gasteiger partial charge in [0, 0.05) is 50.4 Å². The van der Waals surface area contributed by atoms with Gasteiger partial charge in [-0.25, -0.2) is 4.79 Å². The van der Waals surface area contributed by atoms with E-state index in [1.807, 2.05) is 4.90 Å². The lowest BCUT2D eigenvalue weighted by Crippen LogP contribution is -2.47. The molecular formula is C15H24N4O2. The van der Waals surface area contributed by atoms with E-state index in [4.69, 9.17) is 5.11 Å². The summed E-state index contributed by atoms with van der Waals surface area (Å²) >= 11 is 0. The summed E-state index contributed by atoms with van der Waals surface area (Å²) in [4.78, 5) is 20.2. The van der Waals surface area contributed by atoms with Crippen LogP contribution in [0.15, 0.2) is 24.5 Å². The van der Waals surface area contributed by atoms with Crippen LogP contribution in [0.2, 0.25) is 0 Å². The van der Waals surface area contributed by atoms with Gasteiger partial charge in [-0.05, 0) is 38.4 Å². The molecule has 116 valence electrons. The lowest BCUT2D eigenvalue weighted by molar-refractivity contribution is 0.134. The van der Waals surface area contributed by atoms with Gasteiger partial charge in [0.1, 0.15) is 0 Å². The highest BCUT2D eigenvalue weighted by Gasteiger charge is 2.24. The summed E-state index contributed by atoms with van der Waals surface area (Å²) in [6, 6.07) is 4.03. The third-order valence-corrected chi connectivity index (χ3v) is 3.98. The van der Waals surface area contributed by atoms with Crippen molar-refractivity contribution in [1.29, 1.82) is 0 Å². The molecule has 21 heavy (non-hydrogen) atoms. The van der Waals surface area contributed by atoms with Crippen molar-refractivity contribution in [3.05, 3.63) is 24.5 Å². The molecule has 1 aliphatic rings. The molecule has 6 nitrogen and oxygen atoms in total. The Kier molecular flexibility index (Phi) is 5.95. The first-order valence-electron chi connectivity index (χ1n) is 7.47. The van der Waals surface area contributed by atoms with Crippen molar-refractivity contribution >= 4 is 11.7 Å². The number of pyridine rings is 1. The molecular weight excluding hydrogens is 268 g/mol. The summed E-state index contributed by atoms with van der Waals surface area (Å²) in [6.45, 7) is 2.68. The molecule has 0 unspecified atom stereocenters. The number of carbonyl (C=O) groups excluding carboxylic acids is 1. The molecule has 0 spiro atoms. The highest BCUT2D eigenvalue weighted by atomic mass is 16.3. The van der Waals surface area contributed by atoms with Crippen LogP contribution in [0.1, 0.15) is 19.3 Å². The molecule has 0 aromatic carbocycles. The van der Waals surface area contributed by atoms with Crippen LogP contribution in [-0.2, 0) is 0 Å². The second kappa shape index (κ2) is 7.95. The Balaban J connectivity index is 1.77.